The average Bonchev–Trinajstić information content (AvgIpc) is 2.49. The summed E-state index contributed by atoms with van der Waals surface area (Å²) >= 11 is 1.62. The molecule has 5 nitrogen and oxygen atoms in total. The minimum absolute atomic E-state index is 0.220. The van der Waals surface area contributed by atoms with Crippen molar-refractivity contribution in [3.05, 3.63) is 23.8 Å². The van der Waals surface area contributed by atoms with E-state index in [1.54, 1.807) is 16.7 Å². The number of carbonyl (C=O) groups excluding carboxylic acids is 1. The van der Waals surface area contributed by atoms with Crippen molar-refractivity contribution in [3.63, 3.8) is 0 Å². The molecule has 0 aromatic heterocycles. The highest BCUT2D eigenvalue weighted by Gasteiger charge is 2.28. The molecule has 0 saturated carbocycles. The summed E-state index contributed by atoms with van der Waals surface area (Å²) in [5, 5.41) is 12.0. The molecule has 114 valence electrons. The highest BCUT2D eigenvalue weighted by Crippen LogP contribution is 2.24. The molecule has 1 saturated heterocycles. The Balaban J connectivity index is 2.05. The third kappa shape index (κ3) is 3.91. The monoisotopic (exact) mass is 308 g/mol. The number of nitrogens with zero attached hydrogens (tertiary/aromatic N) is 1. The van der Waals surface area contributed by atoms with Crippen LogP contribution in [0, 0.1) is 12.8 Å². The Hall–Kier alpha value is -1.69. The summed E-state index contributed by atoms with van der Waals surface area (Å²) in [6.45, 7) is 2.83. The van der Waals surface area contributed by atoms with Crippen molar-refractivity contribution in [1.82, 2.24) is 4.90 Å². The van der Waals surface area contributed by atoms with Gasteiger partial charge in [0.05, 0.1) is 5.92 Å². The van der Waals surface area contributed by atoms with Gasteiger partial charge in [-0.2, -0.15) is 0 Å². The largest absolute Gasteiger partial charge is 0.481 e. The lowest BCUT2D eigenvalue weighted by molar-refractivity contribution is -0.143. The molecule has 0 aliphatic carbocycles. The molecular formula is C15H20N2O3S. The zero-order chi connectivity index (χ0) is 15.4. The lowest BCUT2D eigenvalue weighted by Gasteiger charge is -2.30. The van der Waals surface area contributed by atoms with Crippen molar-refractivity contribution >= 4 is 29.4 Å². The number of anilines is 1. The molecule has 1 heterocycles. The van der Waals surface area contributed by atoms with Gasteiger partial charge in [0.25, 0.3) is 0 Å². The van der Waals surface area contributed by atoms with Crippen LogP contribution in [-0.4, -0.2) is 41.4 Å². The Morgan fingerprint density at radius 1 is 1.43 bits per heavy atom. The number of nitrogens with one attached hydrogen (secondary N) is 1. The number of piperidine rings is 1. The quantitative estimate of drug-likeness (QED) is 0.842. The molecule has 1 aliphatic heterocycles. The van der Waals surface area contributed by atoms with E-state index in [1.807, 2.05) is 31.4 Å². The van der Waals surface area contributed by atoms with Gasteiger partial charge in [0.2, 0.25) is 0 Å². The summed E-state index contributed by atoms with van der Waals surface area (Å²) in [7, 11) is 0. The van der Waals surface area contributed by atoms with Gasteiger partial charge in [0, 0.05) is 23.7 Å². The normalized spacial score (nSPS) is 18.4. The first-order valence-electron chi connectivity index (χ1n) is 6.94. The smallest absolute Gasteiger partial charge is 0.321 e. The van der Waals surface area contributed by atoms with Crippen molar-refractivity contribution in [3.8, 4) is 0 Å². The van der Waals surface area contributed by atoms with E-state index in [2.05, 4.69) is 5.32 Å². The number of benzene rings is 1. The first-order valence-corrected chi connectivity index (χ1v) is 8.17. The Bertz CT molecular complexity index is 548. The molecule has 1 aliphatic rings. The third-order valence-electron chi connectivity index (χ3n) is 3.74. The van der Waals surface area contributed by atoms with Gasteiger partial charge in [-0.3, -0.25) is 4.79 Å². The fourth-order valence-corrected chi connectivity index (χ4v) is 2.86. The van der Waals surface area contributed by atoms with Crippen molar-refractivity contribution in [1.29, 1.82) is 0 Å². The van der Waals surface area contributed by atoms with Crippen LogP contribution in [0.15, 0.2) is 23.1 Å². The molecule has 1 aromatic rings. The molecule has 1 aromatic carbocycles. The van der Waals surface area contributed by atoms with E-state index in [0.29, 0.717) is 13.0 Å². The second-order valence-electron chi connectivity index (χ2n) is 5.23. The van der Waals surface area contributed by atoms with Gasteiger partial charge >= 0.3 is 12.0 Å². The standard InChI is InChI=1S/C15H20N2O3S/c1-10-5-6-12(21-2)8-13(10)16-15(20)17-7-3-4-11(9-17)14(18)19/h5-6,8,11H,3-4,7,9H2,1-2H3,(H,16,20)(H,18,19). The Kier molecular flexibility index (Phi) is 5.12. The topological polar surface area (TPSA) is 69.6 Å². The summed E-state index contributed by atoms with van der Waals surface area (Å²) in [5.41, 5.74) is 1.78. The molecule has 0 spiro atoms. The predicted octanol–water partition coefficient (Wildman–Crippen LogP) is 3.05. The lowest BCUT2D eigenvalue weighted by atomic mass is 9.99. The predicted molar refractivity (Wildman–Crippen MR) is 83.9 cm³/mol. The fraction of sp³-hybridized carbons (Fsp3) is 0.467. The number of carboxylic acids is 1. The zero-order valence-electron chi connectivity index (χ0n) is 12.3. The van der Waals surface area contributed by atoms with Crippen LogP contribution in [0.25, 0.3) is 0 Å². The number of aryl methyl sites for hydroxylation is 1. The maximum atomic E-state index is 12.3. The van der Waals surface area contributed by atoms with E-state index >= 15 is 0 Å². The van der Waals surface area contributed by atoms with E-state index in [4.69, 9.17) is 5.11 Å². The van der Waals surface area contributed by atoms with Gasteiger partial charge < -0.3 is 15.3 Å². The Labute approximate surface area is 128 Å². The van der Waals surface area contributed by atoms with E-state index in [9.17, 15) is 9.59 Å². The van der Waals surface area contributed by atoms with Crippen LogP contribution in [0.5, 0.6) is 0 Å². The number of carboxylic acid groups (broad SMARTS) is 1. The van der Waals surface area contributed by atoms with Gasteiger partial charge in [-0.15, -0.1) is 11.8 Å². The van der Waals surface area contributed by atoms with Crippen LogP contribution in [-0.2, 0) is 4.79 Å². The highest BCUT2D eigenvalue weighted by molar-refractivity contribution is 7.98. The minimum atomic E-state index is -0.826. The number of amides is 2. The molecule has 6 heteroatoms. The number of urea groups is 1. The van der Waals surface area contributed by atoms with Crippen LogP contribution in [0.3, 0.4) is 0 Å². The van der Waals surface area contributed by atoms with Gasteiger partial charge in [-0.25, -0.2) is 4.79 Å². The molecular weight excluding hydrogens is 288 g/mol. The first-order chi connectivity index (χ1) is 10.0. The van der Waals surface area contributed by atoms with Crippen molar-refractivity contribution in [2.24, 2.45) is 5.92 Å². The molecule has 2 rings (SSSR count). The lowest BCUT2D eigenvalue weighted by Crippen LogP contribution is -2.44. The van der Waals surface area contributed by atoms with E-state index in [0.717, 1.165) is 22.6 Å². The first kappa shape index (κ1) is 15.7. The minimum Gasteiger partial charge on any atom is -0.481 e. The number of likely N-dealkylation sites (tertiary alicyclic amines) is 1. The number of aliphatic carboxylic acids is 1. The molecule has 1 unspecified atom stereocenters. The van der Waals surface area contributed by atoms with E-state index in [-0.39, 0.29) is 12.6 Å². The maximum Gasteiger partial charge on any atom is 0.321 e. The second-order valence-corrected chi connectivity index (χ2v) is 6.11. The Morgan fingerprint density at radius 3 is 2.86 bits per heavy atom. The number of hydrogen-bond donors (Lipinski definition) is 2. The number of hydrogen-bond acceptors (Lipinski definition) is 3. The molecule has 1 atom stereocenters. The van der Waals surface area contributed by atoms with Crippen LogP contribution in [0.1, 0.15) is 18.4 Å². The second kappa shape index (κ2) is 6.85. The van der Waals surface area contributed by atoms with Gasteiger partial charge in [0.1, 0.15) is 0 Å². The van der Waals surface area contributed by atoms with E-state index in [1.165, 1.54) is 0 Å². The van der Waals surface area contributed by atoms with Crippen molar-refractivity contribution < 1.29 is 14.7 Å². The summed E-state index contributed by atoms with van der Waals surface area (Å²) in [6.07, 6.45) is 3.35. The van der Waals surface area contributed by atoms with Crippen LogP contribution < -0.4 is 5.32 Å². The van der Waals surface area contributed by atoms with Gasteiger partial charge in [-0.05, 0) is 43.7 Å². The Morgan fingerprint density at radius 2 is 2.19 bits per heavy atom. The summed E-state index contributed by atoms with van der Waals surface area (Å²) < 4.78 is 0. The van der Waals surface area contributed by atoms with Gasteiger partial charge in [0.15, 0.2) is 0 Å². The number of rotatable bonds is 3. The van der Waals surface area contributed by atoms with Crippen LogP contribution >= 0.6 is 11.8 Å². The number of thioether (sulfide) groups is 1. The summed E-state index contributed by atoms with van der Waals surface area (Å²) in [4.78, 5) is 26.0. The van der Waals surface area contributed by atoms with Crippen LogP contribution in [0.2, 0.25) is 0 Å². The molecule has 1 fully saturated rings. The van der Waals surface area contributed by atoms with Gasteiger partial charge in [-0.1, -0.05) is 6.07 Å². The zero-order valence-corrected chi connectivity index (χ0v) is 13.1. The SMILES string of the molecule is CSc1ccc(C)c(NC(=O)N2CCCC(C(=O)O)C2)c1. The molecule has 21 heavy (non-hydrogen) atoms. The third-order valence-corrected chi connectivity index (χ3v) is 4.47. The summed E-state index contributed by atoms with van der Waals surface area (Å²) in [6, 6.07) is 5.70. The molecule has 0 radical (unpaired) electrons. The molecule has 2 N–H and O–H groups in total. The molecule has 2 amide bonds. The average molecular weight is 308 g/mol. The van der Waals surface area contributed by atoms with E-state index < -0.39 is 11.9 Å². The van der Waals surface area contributed by atoms with Crippen molar-refractivity contribution in [2.45, 2.75) is 24.7 Å². The maximum absolute atomic E-state index is 12.3. The highest BCUT2D eigenvalue weighted by atomic mass is 32.2. The van der Waals surface area contributed by atoms with Crippen LogP contribution in [0.4, 0.5) is 10.5 Å². The molecule has 0 bridgehead atoms. The fourth-order valence-electron chi connectivity index (χ4n) is 2.42. The summed E-state index contributed by atoms with van der Waals surface area (Å²) in [5.74, 6) is -1.28. The number of carbonyl (C=O) groups is 2. The van der Waals surface area contributed by atoms with Crippen molar-refractivity contribution in [2.75, 3.05) is 24.7 Å².